The highest BCUT2D eigenvalue weighted by Gasteiger charge is 2.15. The zero-order valence-electron chi connectivity index (χ0n) is 11.1. The van der Waals surface area contributed by atoms with E-state index in [-0.39, 0.29) is 11.3 Å². The van der Waals surface area contributed by atoms with Crippen LogP contribution in [0.15, 0.2) is 36.8 Å². The van der Waals surface area contributed by atoms with Gasteiger partial charge >= 0.3 is 0 Å². The fourth-order valence-corrected chi connectivity index (χ4v) is 2.56. The number of nitriles is 2. The van der Waals surface area contributed by atoms with Crippen LogP contribution in [0.4, 0.5) is 0 Å². The van der Waals surface area contributed by atoms with Crippen LogP contribution in [0.5, 0.6) is 0 Å². The molecule has 0 amide bonds. The van der Waals surface area contributed by atoms with Crippen molar-refractivity contribution >= 4 is 32.8 Å². The Hall–Kier alpha value is -3.64. The molecule has 3 heterocycles. The molecule has 0 saturated heterocycles. The van der Waals surface area contributed by atoms with Crippen molar-refractivity contribution in [1.82, 2.24) is 19.9 Å². The van der Waals surface area contributed by atoms with Gasteiger partial charge in [-0.25, -0.2) is 4.98 Å². The van der Waals surface area contributed by atoms with Gasteiger partial charge in [-0.05, 0) is 18.2 Å². The lowest BCUT2D eigenvalue weighted by molar-refractivity contribution is 1.27. The van der Waals surface area contributed by atoms with Crippen molar-refractivity contribution in [3.05, 3.63) is 48.0 Å². The molecular formula is C16H6N6. The molecule has 22 heavy (non-hydrogen) atoms. The van der Waals surface area contributed by atoms with E-state index in [1.807, 2.05) is 24.3 Å². The van der Waals surface area contributed by atoms with E-state index in [9.17, 15) is 10.5 Å². The van der Waals surface area contributed by atoms with Crippen molar-refractivity contribution in [2.75, 3.05) is 0 Å². The highest BCUT2D eigenvalue weighted by Crippen LogP contribution is 2.31. The molecule has 0 spiro atoms. The van der Waals surface area contributed by atoms with Crippen molar-refractivity contribution in [2.45, 2.75) is 0 Å². The van der Waals surface area contributed by atoms with Crippen molar-refractivity contribution in [3.8, 4) is 12.1 Å². The van der Waals surface area contributed by atoms with E-state index in [0.717, 1.165) is 5.39 Å². The summed E-state index contributed by atoms with van der Waals surface area (Å²) in [7, 11) is 0. The normalized spacial score (nSPS) is 10.6. The number of aromatic nitrogens is 4. The first-order valence-electron chi connectivity index (χ1n) is 6.46. The second-order valence-corrected chi connectivity index (χ2v) is 4.66. The van der Waals surface area contributed by atoms with Crippen LogP contribution in [-0.4, -0.2) is 19.9 Å². The third-order valence-electron chi connectivity index (χ3n) is 3.49. The number of benzene rings is 1. The Kier molecular flexibility index (Phi) is 2.45. The third kappa shape index (κ3) is 1.52. The van der Waals surface area contributed by atoms with Gasteiger partial charge < -0.3 is 0 Å². The van der Waals surface area contributed by atoms with Gasteiger partial charge in [-0.15, -0.1) is 0 Å². The molecule has 1 aromatic carbocycles. The lowest BCUT2D eigenvalue weighted by atomic mass is 10.0. The molecule has 0 bridgehead atoms. The molecule has 100 valence electrons. The van der Waals surface area contributed by atoms with Gasteiger partial charge in [0.05, 0.1) is 11.1 Å². The van der Waals surface area contributed by atoms with Crippen LogP contribution in [0.2, 0.25) is 0 Å². The molecule has 0 radical (unpaired) electrons. The van der Waals surface area contributed by atoms with E-state index in [4.69, 9.17) is 0 Å². The second-order valence-electron chi connectivity index (χ2n) is 4.66. The number of hydrogen-bond acceptors (Lipinski definition) is 6. The third-order valence-corrected chi connectivity index (χ3v) is 3.49. The van der Waals surface area contributed by atoms with Crippen molar-refractivity contribution in [3.63, 3.8) is 0 Å². The van der Waals surface area contributed by atoms with Gasteiger partial charge in [0.1, 0.15) is 28.7 Å². The minimum atomic E-state index is 0.0808. The average molecular weight is 282 g/mol. The fourth-order valence-electron chi connectivity index (χ4n) is 2.56. The number of pyridine rings is 2. The number of rotatable bonds is 0. The standard InChI is InChI=1S/C16H6N6/c17-7-9-6-11-13-10(2-1-3-19-13)14-16(21-5-4-20-14)15(11)22-12(9)8-18/h1-6H. The molecular weight excluding hydrogens is 276 g/mol. The molecule has 0 aliphatic heterocycles. The Morgan fingerprint density at radius 3 is 2.32 bits per heavy atom. The first-order valence-corrected chi connectivity index (χ1v) is 6.46. The highest BCUT2D eigenvalue weighted by molar-refractivity contribution is 6.20. The van der Waals surface area contributed by atoms with Gasteiger partial charge in [0.15, 0.2) is 5.69 Å². The van der Waals surface area contributed by atoms with E-state index in [2.05, 4.69) is 19.9 Å². The highest BCUT2D eigenvalue weighted by atomic mass is 14.8. The molecule has 0 unspecified atom stereocenters. The van der Waals surface area contributed by atoms with Crippen LogP contribution in [-0.2, 0) is 0 Å². The zero-order valence-corrected chi connectivity index (χ0v) is 11.1. The molecule has 0 N–H and O–H groups in total. The summed E-state index contributed by atoms with van der Waals surface area (Å²) < 4.78 is 0. The summed E-state index contributed by atoms with van der Waals surface area (Å²) in [5.74, 6) is 0. The van der Waals surface area contributed by atoms with Crippen molar-refractivity contribution < 1.29 is 0 Å². The Balaban J connectivity index is 2.39. The summed E-state index contributed by atoms with van der Waals surface area (Å²) in [6.45, 7) is 0. The van der Waals surface area contributed by atoms with Gasteiger partial charge in [0, 0.05) is 29.4 Å². The van der Waals surface area contributed by atoms with Gasteiger partial charge in [0.2, 0.25) is 0 Å². The summed E-state index contributed by atoms with van der Waals surface area (Å²) >= 11 is 0. The molecule has 0 fully saturated rings. The van der Waals surface area contributed by atoms with Crippen LogP contribution in [0.3, 0.4) is 0 Å². The van der Waals surface area contributed by atoms with Crippen molar-refractivity contribution in [2.24, 2.45) is 0 Å². The molecule has 0 aliphatic carbocycles. The SMILES string of the molecule is N#Cc1cc2c3ncccc3c3nccnc3c2nc1C#N. The van der Waals surface area contributed by atoms with Gasteiger partial charge in [0.25, 0.3) is 0 Å². The smallest absolute Gasteiger partial charge is 0.159 e. The van der Waals surface area contributed by atoms with E-state index >= 15 is 0 Å². The van der Waals surface area contributed by atoms with E-state index in [0.29, 0.717) is 27.5 Å². The lowest BCUT2D eigenvalue weighted by Crippen LogP contribution is -1.96. The molecule has 0 aliphatic rings. The largest absolute Gasteiger partial charge is 0.255 e. The molecule has 0 atom stereocenters. The molecule has 4 aromatic rings. The predicted octanol–water partition coefficient (Wildman–Crippen LogP) is 2.47. The summed E-state index contributed by atoms with van der Waals surface area (Å²) in [6.07, 6.45) is 4.86. The zero-order chi connectivity index (χ0) is 15.1. The molecule has 4 rings (SSSR count). The van der Waals surface area contributed by atoms with Crippen LogP contribution in [0.1, 0.15) is 11.3 Å². The summed E-state index contributed by atoms with van der Waals surface area (Å²) in [5, 5.41) is 19.9. The fraction of sp³-hybridized carbons (Fsp3) is 0. The average Bonchev–Trinajstić information content (AvgIpc) is 2.60. The Morgan fingerprint density at radius 1 is 0.773 bits per heavy atom. The summed E-state index contributed by atoms with van der Waals surface area (Å²) in [5.41, 5.74) is 2.81. The Morgan fingerprint density at radius 2 is 1.55 bits per heavy atom. The Labute approximate surface area is 124 Å². The van der Waals surface area contributed by atoms with Crippen LogP contribution in [0, 0.1) is 22.7 Å². The number of fused-ring (bicyclic) bond motifs is 6. The minimum absolute atomic E-state index is 0.0808. The minimum Gasteiger partial charge on any atom is -0.255 e. The summed E-state index contributed by atoms with van der Waals surface area (Å²) in [6, 6.07) is 9.32. The lowest BCUT2D eigenvalue weighted by Gasteiger charge is -2.07. The van der Waals surface area contributed by atoms with E-state index < -0.39 is 0 Å². The van der Waals surface area contributed by atoms with Crippen LogP contribution < -0.4 is 0 Å². The topological polar surface area (TPSA) is 99.1 Å². The predicted molar refractivity (Wildman–Crippen MR) is 79.6 cm³/mol. The monoisotopic (exact) mass is 282 g/mol. The van der Waals surface area contributed by atoms with Crippen molar-refractivity contribution in [1.29, 1.82) is 10.5 Å². The number of nitrogens with zero attached hydrogens (tertiary/aromatic N) is 6. The van der Waals surface area contributed by atoms with E-state index in [1.165, 1.54) is 0 Å². The molecule has 6 nitrogen and oxygen atoms in total. The Bertz CT molecular complexity index is 1060. The molecule has 6 heteroatoms. The summed E-state index contributed by atoms with van der Waals surface area (Å²) in [4.78, 5) is 17.4. The quantitative estimate of drug-likeness (QED) is 0.459. The van der Waals surface area contributed by atoms with Crippen LogP contribution in [0.25, 0.3) is 32.8 Å². The van der Waals surface area contributed by atoms with Crippen LogP contribution >= 0.6 is 0 Å². The first-order chi connectivity index (χ1) is 10.8. The van der Waals surface area contributed by atoms with E-state index in [1.54, 1.807) is 24.7 Å². The second kappa shape index (κ2) is 4.44. The molecule has 3 aromatic heterocycles. The molecule has 0 saturated carbocycles. The maximum atomic E-state index is 9.20. The van der Waals surface area contributed by atoms with Gasteiger partial charge in [-0.2, -0.15) is 10.5 Å². The number of hydrogen-bond donors (Lipinski definition) is 0. The first kappa shape index (κ1) is 12.1. The van der Waals surface area contributed by atoms with Gasteiger partial charge in [-0.3, -0.25) is 15.0 Å². The maximum Gasteiger partial charge on any atom is 0.159 e. The van der Waals surface area contributed by atoms with Gasteiger partial charge in [-0.1, -0.05) is 0 Å². The maximum absolute atomic E-state index is 9.20.